The van der Waals surface area contributed by atoms with Crippen molar-refractivity contribution in [1.29, 1.82) is 0 Å². The maximum absolute atomic E-state index is 12.7. The summed E-state index contributed by atoms with van der Waals surface area (Å²) < 4.78 is 0. The van der Waals surface area contributed by atoms with Crippen LogP contribution in [0.2, 0.25) is 0 Å². The van der Waals surface area contributed by atoms with E-state index in [4.69, 9.17) is 0 Å². The maximum atomic E-state index is 12.7. The molecule has 0 amide bonds. The molecule has 1 aliphatic rings. The van der Waals surface area contributed by atoms with E-state index in [0.29, 0.717) is 5.78 Å². The Morgan fingerprint density at radius 1 is 1.22 bits per heavy atom. The summed E-state index contributed by atoms with van der Waals surface area (Å²) in [5.74, 6) is 0.560. The Bertz CT molecular complexity index is 457. The molecule has 18 heavy (non-hydrogen) atoms. The van der Waals surface area contributed by atoms with Gasteiger partial charge in [0.15, 0.2) is 5.78 Å². The molecule has 1 aromatic rings. The lowest BCUT2D eigenvalue weighted by molar-refractivity contribution is 0.0696. The Balaban J connectivity index is 2.30. The highest BCUT2D eigenvalue weighted by molar-refractivity contribution is 5.99. The van der Waals surface area contributed by atoms with Crippen molar-refractivity contribution >= 4 is 5.78 Å². The highest BCUT2D eigenvalue weighted by Gasteiger charge is 2.37. The second-order valence-electron chi connectivity index (χ2n) is 6.47. The molecule has 0 aliphatic heterocycles. The maximum Gasteiger partial charge on any atom is 0.166 e. The van der Waals surface area contributed by atoms with Crippen molar-refractivity contribution in [2.75, 3.05) is 0 Å². The van der Waals surface area contributed by atoms with E-state index in [1.54, 1.807) is 0 Å². The van der Waals surface area contributed by atoms with Gasteiger partial charge in [0.1, 0.15) is 0 Å². The first kappa shape index (κ1) is 13.3. The number of hydrogen-bond donors (Lipinski definition) is 0. The minimum atomic E-state index is 0.159. The second-order valence-corrected chi connectivity index (χ2v) is 6.47. The van der Waals surface area contributed by atoms with Crippen LogP contribution in [-0.4, -0.2) is 5.78 Å². The van der Waals surface area contributed by atoms with Gasteiger partial charge in [-0.2, -0.15) is 0 Å². The van der Waals surface area contributed by atoms with Crippen molar-refractivity contribution in [2.24, 2.45) is 11.3 Å². The average molecular weight is 244 g/mol. The summed E-state index contributed by atoms with van der Waals surface area (Å²) in [4.78, 5) is 12.7. The van der Waals surface area contributed by atoms with Crippen LogP contribution in [0.15, 0.2) is 18.2 Å². The smallest absolute Gasteiger partial charge is 0.166 e. The van der Waals surface area contributed by atoms with Gasteiger partial charge in [-0.1, -0.05) is 50.5 Å². The summed E-state index contributed by atoms with van der Waals surface area (Å²) >= 11 is 0. The minimum absolute atomic E-state index is 0.159. The zero-order valence-electron chi connectivity index (χ0n) is 12.0. The third-order valence-corrected chi connectivity index (χ3v) is 4.47. The van der Waals surface area contributed by atoms with Gasteiger partial charge in [-0.05, 0) is 37.7 Å². The molecule has 0 spiro atoms. The molecular weight excluding hydrogens is 220 g/mol. The van der Waals surface area contributed by atoms with Crippen LogP contribution in [0.25, 0.3) is 0 Å². The zero-order chi connectivity index (χ0) is 13.3. The van der Waals surface area contributed by atoms with Crippen LogP contribution in [0.1, 0.15) is 61.0 Å². The summed E-state index contributed by atoms with van der Waals surface area (Å²) in [7, 11) is 0. The summed E-state index contributed by atoms with van der Waals surface area (Å²) in [5.41, 5.74) is 3.45. The quantitative estimate of drug-likeness (QED) is 0.689. The van der Waals surface area contributed by atoms with E-state index in [0.717, 1.165) is 17.5 Å². The standard InChI is InChI=1S/C17H24O/c1-12-8-9-14(13(2)11-12)16(18)15-7-5-6-10-17(15,3)4/h8-9,11,15H,5-7,10H2,1-4H3. The summed E-state index contributed by atoms with van der Waals surface area (Å²) in [6.45, 7) is 8.62. The molecule has 1 unspecified atom stereocenters. The van der Waals surface area contributed by atoms with Crippen LogP contribution in [0, 0.1) is 25.2 Å². The molecule has 0 saturated heterocycles. The first-order chi connectivity index (χ1) is 8.42. The van der Waals surface area contributed by atoms with Crippen LogP contribution in [0.4, 0.5) is 0 Å². The Morgan fingerprint density at radius 2 is 1.94 bits per heavy atom. The van der Waals surface area contributed by atoms with Crippen molar-refractivity contribution in [2.45, 2.75) is 53.4 Å². The molecule has 1 aliphatic carbocycles. The van der Waals surface area contributed by atoms with E-state index in [2.05, 4.69) is 39.8 Å². The lowest BCUT2D eigenvalue weighted by Gasteiger charge is -2.37. The SMILES string of the molecule is Cc1ccc(C(=O)C2CCCCC2(C)C)c(C)c1. The van der Waals surface area contributed by atoms with Gasteiger partial charge in [-0.3, -0.25) is 4.79 Å². The molecule has 0 N–H and O–H groups in total. The van der Waals surface area contributed by atoms with Crippen molar-refractivity contribution in [3.05, 3.63) is 34.9 Å². The predicted octanol–water partition coefficient (Wildman–Crippen LogP) is 4.70. The number of carbonyl (C=O) groups excluding carboxylic acids is 1. The summed E-state index contributed by atoms with van der Waals surface area (Å²) in [6, 6.07) is 6.18. The van der Waals surface area contributed by atoms with E-state index < -0.39 is 0 Å². The average Bonchev–Trinajstić information content (AvgIpc) is 2.27. The van der Waals surface area contributed by atoms with Crippen LogP contribution < -0.4 is 0 Å². The number of benzene rings is 1. The van der Waals surface area contributed by atoms with Crippen LogP contribution in [0.5, 0.6) is 0 Å². The Morgan fingerprint density at radius 3 is 2.56 bits per heavy atom. The molecule has 0 aromatic heterocycles. The van der Waals surface area contributed by atoms with E-state index in [1.807, 2.05) is 6.07 Å². The number of ketones is 1. The fraction of sp³-hybridized carbons (Fsp3) is 0.588. The molecular formula is C17H24O. The molecule has 0 bridgehead atoms. The molecule has 1 atom stereocenters. The zero-order valence-corrected chi connectivity index (χ0v) is 12.0. The molecule has 1 nitrogen and oxygen atoms in total. The molecule has 2 rings (SSSR count). The van der Waals surface area contributed by atoms with Crippen molar-refractivity contribution in [3.63, 3.8) is 0 Å². The number of Topliss-reactive ketones (excluding diaryl/α,β-unsaturated/α-hetero) is 1. The lowest BCUT2D eigenvalue weighted by atomic mass is 9.66. The highest BCUT2D eigenvalue weighted by atomic mass is 16.1. The van der Waals surface area contributed by atoms with Gasteiger partial charge < -0.3 is 0 Å². The molecule has 1 heteroatoms. The number of rotatable bonds is 2. The molecule has 1 fully saturated rings. The number of carbonyl (C=O) groups is 1. The third kappa shape index (κ3) is 2.50. The van der Waals surface area contributed by atoms with Crippen LogP contribution in [-0.2, 0) is 0 Å². The molecule has 1 saturated carbocycles. The summed E-state index contributed by atoms with van der Waals surface area (Å²) in [6.07, 6.45) is 4.70. The fourth-order valence-corrected chi connectivity index (χ4v) is 3.26. The lowest BCUT2D eigenvalue weighted by Crippen LogP contribution is -2.34. The summed E-state index contributed by atoms with van der Waals surface area (Å²) in [5, 5.41) is 0. The number of hydrogen-bond acceptors (Lipinski definition) is 1. The minimum Gasteiger partial charge on any atom is -0.294 e. The van der Waals surface area contributed by atoms with Gasteiger partial charge in [0.25, 0.3) is 0 Å². The Labute approximate surface area is 111 Å². The monoisotopic (exact) mass is 244 g/mol. The van der Waals surface area contributed by atoms with Crippen LogP contribution in [0.3, 0.4) is 0 Å². The topological polar surface area (TPSA) is 17.1 Å². The van der Waals surface area contributed by atoms with Gasteiger partial charge in [-0.15, -0.1) is 0 Å². The Kier molecular flexibility index (Phi) is 3.61. The Hall–Kier alpha value is -1.11. The van der Waals surface area contributed by atoms with Crippen molar-refractivity contribution in [3.8, 4) is 0 Å². The van der Waals surface area contributed by atoms with E-state index in [9.17, 15) is 4.79 Å². The highest BCUT2D eigenvalue weighted by Crippen LogP contribution is 2.42. The van der Waals surface area contributed by atoms with Gasteiger partial charge in [0.2, 0.25) is 0 Å². The van der Waals surface area contributed by atoms with Gasteiger partial charge in [0.05, 0.1) is 0 Å². The van der Waals surface area contributed by atoms with E-state index >= 15 is 0 Å². The van der Waals surface area contributed by atoms with Crippen LogP contribution >= 0.6 is 0 Å². The van der Waals surface area contributed by atoms with Gasteiger partial charge >= 0.3 is 0 Å². The largest absolute Gasteiger partial charge is 0.294 e. The molecule has 1 aromatic carbocycles. The van der Waals surface area contributed by atoms with E-state index in [1.165, 1.54) is 24.8 Å². The van der Waals surface area contributed by atoms with Gasteiger partial charge in [-0.25, -0.2) is 0 Å². The second kappa shape index (κ2) is 4.87. The first-order valence-corrected chi connectivity index (χ1v) is 7.03. The predicted molar refractivity (Wildman–Crippen MR) is 76.0 cm³/mol. The number of aryl methyl sites for hydroxylation is 2. The molecule has 98 valence electrons. The fourth-order valence-electron chi connectivity index (χ4n) is 3.26. The van der Waals surface area contributed by atoms with Crippen molar-refractivity contribution in [1.82, 2.24) is 0 Å². The van der Waals surface area contributed by atoms with E-state index in [-0.39, 0.29) is 11.3 Å². The molecule has 0 radical (unpaired) electrons. The van der Waals surface area contributed by atoms with Gasteiger partial charge in [0, 0.05) is 11.5 Å². The normalized spacial score (nSPS) is 22.8. The van der Waals surface area contributed by atoms with Crippen molar-refractivity contribution < 1.29 is 4.79 Å². The third-order valence-electron chi connectivity index (χ3n) is 4.47. The molecule has 0 heterocycles. The first-order valence-electron chi connectivity index (χ1n) is 7.03.